The summed E-state index contributed by atoms with van der Waals surface area (Å²) in [6, 6.07) is 7.13. The molecule has 1 amide bonds. The zero-order chi connectivity index (χ0) is 18.6. The van der Waals surface area contributed by atoms with E-state index in [1.165, 1.54) is 12.8 Å². The van der Waals surface area contributed by atoms with Gasteiger partial charge in [0.15, 0.2) is 11.5 Å². The van der Waals surface area contributed by atoms with Crippen molar-refractivity contribution in [1.82, 2.24) is 25.7 Å². The highest BCUT2D eigenvalue weighted by atomic mass is 35.5. The molecule has 0 unspecified atom stereocenters. The SMILES string of the molecule is O=C(NCc1noc(-c2ccc(Cl)cc2)n1)c1n[nH]c2c1CCCCCC2. The van der Waals surface area contributed by atoms with E-state index in [9.17, 15) is 4.79 Å². The van der Waals surface area contributed by atoms with Crippen LogP contribution in [0.25, 0.3) is 11.5 Å². The third-order valence-electron chi connectivity index (χ3n) is 4.74. The fourth-order valence-electron chi connectivity index (χ4n) is 3.30. The smallest absolute Gasteiger partial charge is 0.272 e. The first-order valence-corrected chi connectivity index (χ1v) is 9.51. The van der Waals surface area contributed by atoms with E-state index in [0.717, 1.165) is 42.5 Å². The van der Waals surface area contributed by atoms with Crippen LogP contribution in [0.2, 0.25) is 5.02 Å². The number of amides is 1. The van der Waals surface area contributed by atoms with Crippen molar-refractivity contribution < 1.29 is 9.32 Å². The van der Waals surface area contributed by atoms with E-state index in [-0.39, 0.29) is 12.5 Å². The van der Waals surface area contributed by atoms with Crippen LogP contribution in [-0.4, -0.2) is 26.2 Å². The highest BCUT2D eigenvalue weighted by Gasteiger charge is 2.20. The molecular formula is C19H20ClN5O2. The lowest BCUT2D eigenvalue weighted by Crippen LogP contribution is -2.25. The molecule has 0 aliphatic heterocycles. The van der Waals surface area contributed by atoms with Gasteiger partial charge in [0.1, 0.15) is 0 Å². The fraction of sp³-hybridized carbons (Fsp3) is 0.368. The summed E-state index contributed by atoms with van der Waals surface area (Å²) in [7, 11) is 0. The van der Waals surface area contributed by atoms with Crippen LogP contribution in [0.4, 0.5) is 0 Å². The summed E-state index contributed by atoms with van der Waals surface area (Å²) in [6.07, 6.45) is 6.48. The van der Waals surface area contributed by atoms with Crippen molar-refractivity contribution in [3.8, 4) is 11.5 Å². The normalized spacial score (nSPS) is 14.3. The van der Waals surface area contributed by atoms with Crippen molar-refractivity contribution >= 4 is 17.5 Å². The zero-order valence-electron chi connectivity index (χ0n) is 14.8. The summed E-state index contributed by atoms with van der Waals surface area (Å²) in [5.41, 5.74) is 3.39. The number of aromatic nitrogens is 4. The van der Waals surface area contributed by atoms with Crippen molar-refractivity contribution in [2.75, 3.05) is 0 Å². The van der Waals surface area contributed by atoms with Gasteiger partial charge in [-0.15, -0.1) is 0 Å². The third-order valence-corrected chi connectivity index (χ3v) is 4.99. The van der Waals surface area contributed by atoms with E-state index in [1.54, 1.807) is 24.3 Å². The first-order valence-electron chi connectivity index (χ1n) is 9.13. The Morgan fingerprint density at radius 3 is 2.74 bits per heavy atom. The molecule has 1 aliphatic carbocycles. The minimum atomic E-state index is -0.217. The number of benzene rings is 1. The zero-order valence-corrected chi connectivity index (χ0v) is 15.6. The Hall–Kier alpha value is -2.67. The molecule has 0 atom stereocenters. The van der Waals surface area contributed by atoms with Crippen molar-refractivity contribution in [3.05, 3.63) is 52.1 Å². The van der Waals surface area contributed by atoms with Gasteiger partial charge in [-0.1, -0.05) is 29.6 Å². The molecule has 3 aromatic rings. The summed E-state index contributed by atoms with van der Waals surface area (Å²) in [6.45, 7) is 0.178. The molecule has 2 N–H and O–H groups in total. The Kier molecular flexibility index (Phi) is 5.20. The maximum atomic E-state index is 12.6. The number of halogens is 1. The lowest BCUT2D eigenvalue weighted by molar-refractivity contribution is 0.0943. The van der Waals surface area contributed by atoms with Crippen LogP contribution in [0.1, 0.15) is 53.3 Å². The second-order valence-electron chi connectivity index (χ2n) is 6.65. The minimum absolute atomic E-state index is 0.178. The Morgan fingerprint density at radius 2 is 1.93 bits per heavy atom. The van der Waals surface area contributed by atoms with Crippen molar-refractivity contribution in [2.45, 2.75) is 45.1 Å². The van der Waals surface area contributed by atoms with E-state index in [2.05, 4.69) is 25.7 Å². The molecule has 4 rings (SSSR count). The van der Waals surface area contributed by atoms with Crippen LogP contribution in [0.5, 0.6) is 0 Å². The number of carbonyl (C=O) groups is 1. The monoisotopic (exact) mass is 385 g/mol. The van der Waals surface area contributed by atoms with Gasteiger partial charge in [0.25, 0.3) is 11.8 Å². The number of aromatic amines is 1. The Morgan fingerprint density at radius 1 is 1.15 bits per heavy atom. The van der Waals surface area contributed by atoms with Gasteiger partial charge in [-0.25, -0.2) is 0 Å². The molecule has 7 nitrogen and oxygen atoms in total. The summed E-state index contributed by atoms with van der Waals surface area (Å²) in [5, 5.41) is 14.7. The molecule has 0 radical (unpaired) electrons. The number of hydrogen-bond donors (Lipinski definition) is 2. The molecule has 0 bridgehead atoms. The number of rotatable bonds is 4. The first kappa shape index (κ1) is 17.7. The summed E-state index contributed by atoms with van der Waals surface area (Å²) in [4.78, 5) is 16.9. The number of hydrogen-bond acceptors (Lipinski definition) is 5. The standard InChI is InChI=1S/C19H20ClN5O2/c20-13-9-7-12(8-10-13)19-22-16(25-27-19)11-21-18(26)17-14-5-3-1-2-4-6-15(14)23-24-17/h7-10H,1-6,11H2,(H,21,26)(H,23,24). The number of nitrogens with zero attached hydrogens (tertiary/aromatic N) is 3. The molecule has 1 aromatic carbocycles. The van der Waals surface area contributed by atoms with Crippen molar-refractivity contribution in [2.24, 2.45) is 0 Å². The van der Waals surface area contributed by atoms with E-state index in [4.69, 9.17) is 16.1 Å². The quantitative estimate of drug-likeness (QED) is 0.713. The fourth-order valence-corrected chi connectivity index (χ4v) is 3.43. The van der Waals surface area contributed by atoms with Gasteiger partial charge in [0.05, 0.1) is 6.54 Å². The van der Waals surface area contributed by atoms with Crippen LogP contribution in [0.3, 0.4) is 0 Å². The van der Waals surface area contributed by atoms with Crippen LogP contribution in [0.15, 0.2) is 28.8 Å². The second kappa shape index (κ2) is 7.92. The van der Waals surface area contributed by atoms with Gasteiger partial charge in [0.2, 0.25) is 0 Å². The number of H-pyrrole nitrogens is 1. The van der Waals surface area contributed by atoms with E-state index in [0.29, 0.717) is 22.4 Å². The van der Waals surface area contributed by atoms with E-state index < -0.39 is 0 Å². The van der Waals surface area contributed by atoms with Gasteiger partial charge >= 0.3 is 0 Å². The lowest BCUT2D eigenvalue weighted by atomic mass is 9.97. The Bertz CT molecular complexity index is 932. The molecule has 0 saturated heterocycles. The molecule has 8 heteroatoms. The summed E-state index contributed by atoms with van der Waals surface area (Å²) in [5.74, 6) is 0.582. The molecule has 0 fully saturated rings. The molecule has 0 spiro atoms. The maximum Gasteiger partial charge on any atom is 0.272 e. The molecule has 140 valence electrons. The first-order chi connectivity index (χ1) is 13.2. The number of nitrogens with one attached hydrogen (secondary N) is 2. The lowest BCUT2D eigenvalue weighted by Gasteiger charge is -2.09. The molecule has 2 heterocycles. The topological polar surface area (TPSA) is 96.7 Å². The minimum Gasteiger partial charge on any atom is -0.343 e. The largest absolute Gasteiger partial charge is 0.343 e. The average Bonchev–Trinajstić information content (AvgIpc) is 3.27. The predicted molar refractivity (Wildman–Crippen MR) is 100 cm³/mol. The predicted octanol–water partition coefficient (Wildman–Crippen LogP) is 3.70. The number of carbonyl (C=O) groups excluding carboxylic acids is 1. The molecule has 27 heavy (non-hydrogen) atoms. The number of aryl methyl sites for hydroxylation is 1. The highest BCUT2D eigenvalue weighted by Crippen LogP contribution is 2.22. The maximum absolute atomic E-state index is 12.6. The van der Waals surface area contributed by atoms with Crippen molar-refractivity contribution in [3.63, 3.8) is 0 Å². The number of fused-ring (bicyclic) bond motifs is 1. The summed E-state index contributed by atoms with van der Waals surface area (Å²) >= 11 is 5.88. The third kappa shape index (κ3) is 4.03. The van der Waals surface area contributed by atoms with Crippen molar-refractivity contribution in [1.29, 1.82) is 0 Å². The van der Waals surface area contributed by atoms with Gasteiger partial charge in [-0.3, -0.25) is 9.89 Å². The summed E-state index contributed by atoms with van der Waals surface area (Å²) < 4.78 is 5.26. The van der Waals surface area contributed by atoms with Crippen LogP contribution in [-0.2, 0) is 19.4 Å². The Labute approximate surface area is 161 Å². The van der Waals surface area contributed by atoms with Crippen LogP contribution < -0.4 is 5.32 Å². The molecular weight excluding hydrogens is 366 g/mol. The molecule has 2 aromatic heterocycles. The van der Waals surface area contributed by atoms with Gasteiger partial charge in [0, 0.05) is 21.8 Å². The Balaban J connectivity index is 1.42. The second-order valence-corrected chi connectivity index (χ2v) is 7.09. The average molecular weight is 386 g/mol. The van der Waals surface area contributed by atoms with Gasteiger partial charge in [-0.05, 0) is 49.9 Å². The molecule has 1 aliphatic rings. The van der Waals surface area contributed by atoms with Gasteiger partial charge in [-0.2, -0.15) is 10.1 Å². The van der Waals surface area contributed by atoms with E-state index in [1.807, 2.05) is 0 Å². The van der Waals surface area contributed by atoms with E-state index >= 15 is 0 Å². The van der Waals surface area contributed by atoms with Crippen LogP contribution >= 0.6 is 11.6 Å². The molecule has 0 saturated carbocycles. The highest BCUT2D eigenvalue weighted by molar-refractivity contribution is 6.30. The van der Waals surface area contributed by atoms with Gasteiger partial charge < -0.3 is 9.84 Å². The van der Waals surface area contributed by atoms with Crippen LogP contribution in [0, 0.1) is 0 Å².